The Hall–Kier alpha value is -2.83. The third kappa shape index (κ3) is 5.69. The number of nitrogens with one attached hydrogen (secondary N) is 2. The summed E-state index contributed by atoms with van der Waals surface area (Å²) in [6.45, 7) is 11.4. The maximum atomic E-state index is 13.2. The zero-order valence-electron chi connectivity index (χ0n) is 19.2. The molecule has 0 atom stereocenters. The van der Waals surface area contributed by atoms with Crippen molar-refractivity contribution in [2.45, 2.75) is 34.2 Å². The number of nitrogens with zero attached hydrogens (tertiary/aromatic N) is 2. The van der Waals surface area contributed by atoms with Crippen molar-refractivity contribution in [1.29, 1.82) is 0 Å². The van der Waals surface area contributed by atoms with E-state index in [1.54, 1.807) is 17.0 Å². The van der Waals surface area contributed by atoms with Crippen molar-refractivity contribution in [2.24, 2.45) is 0 Å². The van der Waals surface area contributed by atoms with Crippen LogP contribution in [0.4, 0.5) is 10.5 Å². The molecular formula is C25H31ClN4O2. The highest BCUT2D eigenvalue weighted by Crippen LogP contribution is 2.22. The van der Waals surface area contributed by atoms with Gasteiger partial charge in [-0.15, -0.1) is 0 Å². The van der Waals surface area contributed by atoms with Gasteiger partial charge in [-0.2, -0.15) is 0 Å². The SMILES string of the molecule is CCN(CC)CCN(Cc1cc2c(C)cc(C)cc2[nH]c1=O)C(=O)Nc1ccccc1Cl. The van der Waals surface area contributed by atoms with Crippen LogP contribution in [-0.4, -0.2) is 47.0 Å². The number of H-pyrrole nitrogens is 1. The topological polar surface area (TPSA) is 68.4 Å². The molecule has 32 heavy (non-hydrogen) atoms. The number of aromatic amines is 1. The van der Waals surface area contributed by atoms with Crippen molar-refractivity contribution in [1.82, 2.24) is 14.8 Å². The fraction of sp³-hybridized carbons (Fsp3) is 0.360. The molecule has 0 saturated carbocycles. The molecule has 0 aliphatic rings. The number of halogens is 1. The van der Waals surface area contributed by atoms with Gasteiger partial charge in [-0.05, 0) is 62.3 Å². The fourth-order valence-electron chi connectivity index (χ4n) is 3.85. The van der Waals surface area contributed by atoms with E-state index >= 15 is 0 Å². The van der Waals surface area contributed by atoms with Crippen LogP contribution in [0.2, 0.25) is 5.02 Å². The lowest BCUT2D eigenvalue weighted by atomic mass is 10.0. The fourth-order valence-corrected chi connectivity index (χ4v) is 4.03. The summed E-state index contributed by atoms with van der Waals surface area (Å²) < 4.78 is 0. The number of urea groups is 1. The number of fused-ring (bicyclic) bond motifs is 1. The van der Waals surface area contributed by atoms with Gasteiger partial charge < -0.3 is 20.1 Å². The van der Waals surface area contributed by atoms with E-state index in [2.05, 4.69) is 35.1 Å². The van der Waals surface area contributed by atoms with Gasteiger partial charge in [0, 0.05) is 29.6 Å². The number of hydrogen-bond donors (Lipinski definition) is 2. The van der Waals surface area contributed by atoms with Crippen LogP contribution >= 0.6 is 11.6 Å². The van der Waals surface area contributed by atoms with Gasteiger partial charge in [-0.1, -0.05) is 43.6 Å². The average molecular weight is 455 g/mol. The minimum atomic E-state index is -0.287. The van der Waals surface area contributed by atoms with Gasteiger partial charge in [0.05, 0.1) is 17.3 Å². The second-order valence-corrected chi connectivity index (χ2v) is 8.43. The Bertz CT molecular complexity index is 1150. The van der Waals surface area contributed by atoms with E-state index in [0.29, 0.717) is 29.4 Å². The van der Waals surface area contributed by atoms with Gasteiger partial charge in [0.25, 0.3) is 5.56 Å². The molecule has 2 amide bonds. The lowest BCUT2D eigenvalue weighted by Crippen LogP contribution is -2.41. The molecule has 1 heterocycles. The molecule has 0 aliphatic carbocycles. The predicted octanol–water partition coefficient (Wildman–Crippen LogP) is 5.17. The Morgan fingerprint density at radius 1 is 1.06 bits per heavy atom. The molecule has 3 rings (SSSR count). The molecule has 1 aromatic heterocycles. The van der Waals surface area contributed by atoms with Gasteiger partial charge in [-0.3, -0.25) is 4.79 Å². The number of anilines is 1. The molecular weight excluding hydrogens is 424 g/mol. The number of rotatable bonds is 8. The van der Waals surface area contributed by atoms with E-state index in [4.69, 9.17) is 11.6 Å². The molecule has 0 fully saturated rings. The maximum absolute atomic E-state index is 13.2. The van der Waals surface area contributed by atoms with E-state index < -0.39 is 0 Å². The normalized spacial score (nSPS) is 11.2. The highest BCUT2D eigenvalue weighted by atomic mass is 35.5. The number of carbonyl (C=O) groups excluding carboxylic acids is 1. The van der Waals surface area contributed by atoms with Crippen molar-refractivity contribution < 1.29 is 4.79 Å². The van der Waals surface area contributed by atoms with E-state index in [0.717, 1.165) is 35.1 Å². The first-order chi connectivity index (χ1) is 15.3. The lowest BCUT2D eigenvalue weighted by molar-refractivity contribution is 0.194. The quantitative estimate of drug-likeness (QED) is 0.493. The van der Waals surface area contributed by atoms with Crippen LogP contribution < -0.4 is 10.9 Å². The van der Waals surface area contributed by atoms with Gasteiger partial charge >= 0.3 is 6.03 Å². The van der Waals surface area contributed by atoms with Crippen LogP contribution in [0.15, 0.2) is 47.3 Å². The molecule has 0 bridgehead atoms. The number of carbonyl (C=O) groups is 1. The molecule has 6 nitrogen and oxygen atoms in total. The summed E-state index contributed by atoms with van der Waals surface area (Å²) in [5.41, 5.74) is 3.92. The number of aryl methyl sites for hydroxylation is 2. The second-order valence-electron chi connectivity index (χ2n) is 8.03. The van der Waals surface area contributed by atoms with Crippen molar-refractivity contribution in [3.8, 4) is 0 Å². The van der Waals surface area contributed by atoms with Gasteiger partial charge in [0.2, 0.25) is 0 Å². The Morgan fingerprint density at radius 3 is 2.47 bits per heavy atom. The number of benzene rings is 2. The minimum absolute atomic E-state index is 0.180. The number of pyridine rings is 1. The van der Waals surface area contributed by atoms with Gasteiger partial charge in [-0.25, -0.2) is 4.79 Å². The number of aromatic nitrogens is 1. The smallest absolute Gasteiger partial charge is 0.322 e. The van der Waals surface area contributed by atoms with Crippen LogP contribution in [0.25, 0.3) is 10.9 Å². The number of hydrogen-bond acceptors (Lipinski definition) is 3. The third-order valence-electron chi connectivity index (χ3n) is 5.73. The van der Waals surface area contributed by atoms with Crippen LogP contribution in [0.3, 0.4) is 0 Å². The minimum Gasteiger partial charge on any atom is -0.322 e. The Kier molecular flexibility index (Phi) is 7.94. The summed E-state index contributed by atoms with van der Waals surface area (Å²) in [6, 6.07) is 12.8. The van der Waals surface area contributed by atoms with Crippen LogP contribution in [-0.2, 0) is 6.54 Å². The van der Waals surface area contributed by atoms with Crippen LogP contribution in [0.5, 0.6) is 0 Å². The van der Waals surface area contributed by atoms with E-state index in [9.17, 15) is 9.59 Å². The summed E-state index contributed by atoms with van der Waals surface area (Å²) in [6.07, 6.45) is 0. The first-order valence-electron chi connectivity index (χ1n) is 11.0. The number of amides is 2. The van der Waals surface area contributed by atoms with E-state index in [1.165, 1.54) is 0 Å². The van der Waals surface area contributed by atoms with Crippen molar-refractivity contribution in [2.75, 3.05) is 31.5 Å². The zero-order valence-corrected chi connectivity index (χ0v) is 19.9. The van der Waals surface area contributed by atoms with Crippen molar-refractivity contribution >= 4 is 34.2 Å². The lowest BCUT2D eigenvalue weighted by Gasteiger charge is -2.27. The summed E-state index contributed by atoms with van der Waals surface area (Å²) in [5.74, 6) is 0. The summed E-state index contributed by atoms with van der Waals surface area (Å²) in [7, 11) is 0. The molecule has 0 radical (unpaired) electrons. The monoisotopic (exact) mass is 454 g/mol. The molecule has 170 valence electrons. The third-order valence-corrected chi connectivity index (χ3v) is 6.06. The van der Waals surface area contributed by atoms with Gasteiger partial charge in [0.1, 0.15) is 0 Å². The molecule has 2 N–H and O–H groups in total. The van der Waals surface area contributed by atoms with Crippen molar-refractivity contribution in [3.63, 3.8) is 0 Å². The predicted molar refractivity (Wildman–Crippen MR) is 133 cm³/mol. The van der Waals surface area contributed by atoms with Crippen LogP contribution in [0, 0.1) is 13.8 Å². The molecule has 0 aliphatic heterocycles. The Morgan fingerprint density at radius 2 is 1.78 bits per heavy atom. The number of likely N-dealkylation sites (N-methyl/N-ethyl adjacent to an activating group) is 1. The van der Waals surface area contributed by atoms with Gasteiger partial charge in [0.15, 0.2) is 0 Å². The first kappa shape index (κ1) is 23.8. The molecule has 0 saturated heterocycles. The molecule has 2 aromatic carbocycles. The largest absolute Gasteiger partial charge is 0.322 e. The summed E-state index contributed by atoms with van der Waals surface area (Å²) in [4.78, 5) is 32.9. The highest BCUT2D eigenvalue weighted by Gasteiger charge is 2.18. The molecule has 0 spiro atoms. The van der Waals surface area contributed by atoms with E-state index in [-0.39, 0.29) is 18.1 Å². The average Bonchev–Trinajstić information content (AvgIpc) is 2.75. The maximum Gasteiger partial charge on any atom is 0.322 e. The Balaban J connectivity index is 1.90. The second kappa shape index (κ2) is 10.7. The van der Waals surface area contributed by atoms with Crippen LogP contribution in [0.1, 0.15) is 30.5 Å². The summed E-state index contributed by atoms with van der Waals surface area (Å²) >= 11 is 6.23. The standard InChI is InChI=1S/C25H31ClN4O2/c1-5-29(6-2)11-12-30(25(32)28-22-10-8-7-9-21(22)26)16-19-15-20-18(4)13-17(3)14-23(20)27-24(19)31/h7-10,13-15H,5-6,11-12,16H2,1-4H3,(H,27,31)(H,28,32). The van der Waals surface area contributed by atoms with Crippen molar-refractivity contribution in [3.05, 3.63) is 74.5 Å². The molecule has 3 aromatic rings. The highest BCUT2D eigenvalue weighted by molar-refractivity contribution is 6.33. The Labute approximate surface area is 194 Å². The van der Waals surface area contributed by atoms with E-state index in [1.807, 2.05) is 38.1 Å². The summed E-state index contributed by atoms with van der Waals surface area (Å²) in [5, 5.41) is 4.35. The number of para-hydroxylation sites is 1. The first-order valence-corrected chi connectivity index (χ1v) is 11.4. The molecule has 0 unspecified atom stereocenters. The zero-order chi connectivity index (χ0) is 23.3. The molecule has 7 heteroatoms.